The predicted molar refractivity (Wildman–Crippen MR) is 72.2 cm³/mol. The lowest BCUT2D eigenvalue weighted by molar-refractivity contribution is -0.384. The van der Waals surface area contributed by atoms with E-state index < -0.39 is 10.7 Å². The van der Waals surface area contributed by atoms with Crippen LogP contribution in [0.25, 0.3) is 0 Å². The van der Waals surface area contributed by atoms with Gasteiger partial charge in [-0.1, -0.05) is 11.6 Å². The first kappa shape index (κ1) is 14.1. The molecule has 0 atom stereocenters. The van der Waals surface area contributed by atoms with Gasteiger partial charge in [-0.3, -0.25) is 20.1 Å². The first-order chi connectivity index (χ1) is 9.47. The molecule has 0 amide bonds. The number of halogens is 2. The molecule has 1 heterocycles. The highest BCUT2D eigenvalue weighted by molar-refractivity contribution is 6.31. The van der Waals surface area contributed by atoms with Crippen LogP contribution in [0.1, 0.15) is 11.4 Å². The van der Waals surface area contributed by atoms with Gasteiger partial charge in [-0.15, -0.1) is 0 Å². The molecule has 1 aromatic carbocycles. The van der Waals surface area contributed by atoms with E-state index in [0.29, 0.717) is 5.69 Å². The Labute approximate surface area is 118 Å². The average Bonchev–Trinajstić information content (AvgIpc) is 2.41. The zero-order valence-corrected chi connectivity index (χ0v) is 11.2. The standard InChI is InChI=1S/C12H10ClFN4O2/c1-7-4-16-8(5-15-7)6-17-11-2-9(13)10(14)3-12(11)18(19)20/h2-5,17H,6H2,1H3. The molecule has 0 saturated carbocycles. The summed E-state index contributed by atoms with van der Waals surface area (Å²) in [6, 6.07) is 1.96. The molecule has 0 aliphatic carbocycles. The van der Waals surface area contributed by atoms with Gasteiger partial charge in [-0.05, 0) is 13.0 Å². The van der Waals surface area contributed by atoms with Crippen molar-refractivity contribution in [3.63, 3.8) is 0 Å². The molecule has 0 fully saturated rings. The summed E-state index contributed by atoms with van der Waals surface area (Å²) in [6.07, 6.45) is 3.14. The van der Waals surface area contributed by atoms with E-state index in [-0.39, 0.29) is 22.9 Å². The molecule has 1 N–H and O–H groups in total. The van der Waals surface area contributed by atoms with E-state index in [4.69, 9.17) is 11.6 Å². The zero-order valence-electron chi connectivity index (χ0n) is 10.4. The monoisotopic (exact) mass is 296 g/mol. The van der Waals surface area contributed by atoms with Gasteiger partial charge in [-0.25, -0.2) is 4.39 Å². The third kappa shape index (κ3) is 3.18. The molecule has 0 unspecified atom stereocenters. The number of nitrogens with zero attached hydrogens (tertiary/aromatic N) is 3. The summed E-state index contributed by atoms with van der Waals surface area (Å²) in [7, 11) is 0. The number of rotatable bonds is 4. The van der Waals surface area contributed by atoms with Crippen molar-refractivity contribution in [1.29, 1.82) is 0 Å². The van der Waals surface area contributed by atoms with Crippen molar-refractivity contribution in [2.45, 2.75) is 13.5 Å². The summed E-state index contributed by atoms with van der Waals surface area (Å²) in [4.78, 5) is 18.4. The number of benzene rings is 1. The van der Waals surface area contributed by atoms with Gasteiger partial charge in [-0.2, -0.15) is 0 Å². The lowest BCUT2D eigenvalue weighted by Crippen LogP contribution is -2.05. The number of hydrogen-bond donors (Lipinski definition) is 1. The minimum atomic E-state index is -0.834. The van der Waals surface area contributed by atoms with Gasteiger partial charge in [0.2, 0.25) is 0 Å². The molecular formula is C12H10ClFN4O2. The maximum absolute atomic E-state index is 13.2. The SMILES string of the molecule is Cc1cnc(CNc2cc(Cl)c(F)cc2[N+](=O)[O-])cn1. The molecule has 20 heavy (non-hydrogen) atoms. The topological polar surface area (TPSA) is 81.0 Å². The fraction of sp³-hybridized carbons (Fsp3) is 0.167. The summed E-state index contributed by atoms with van der Waals surface area (Å²) in [5, 5.41) is 13.5. The Kier molecular flexibility index (Phi) is 4.09. The van der Waals surface area contributed by atoms with Crippen LogP contribution >= 0.6 is 11.6 Å². The van der Waals surface area contributed by atoms with Crippen LogP contribution in [-0.4, -0.2) is 14.9 Å². The lowest BCUT2D eigenvalue weighted by Gasteiger charge is -2.07. The minimum Gasteiger partial charge on any atom is -0.374 e. The summed E-state index contributed by atoms with van der Waals surface area (Å²) in [5.74, 6) is -0.834. The van der Waals surface area contributed by atoms with Crippen molar-refractivity contribution >= 4 is 23.0 Å². The fourth-order valence-corrected chi connectivity index (χ4v) is 1.69. The normalized spacial score (nSPS) is 10.3. The van der Waals surface area contributed by atoms with Crippen LogP contribution in [0.4, 0.5) is 15.8 Å². The highest BCUT2D eigenvalue weighted by Gasteiger charge is 2.17. The van der Waals surface area contributed by atoms with Gasteiger partial charge in [0.05, 0.1) is 40.1 Å². The first-order valence-corrected chi connectivity index (χ1v) is 6.00. The Bertz CT molecular complexity index is 649. The molecule has 2 rings (SSSR count). The van der Waals surface area contributed by atoms with Crippen LogP contribution in [-0.2, 0) is 6.54 Å². The van der Waals surface area contributed by atoms with E-state index in [0.717, 1.165) is 11.8 Å². The first-order valence-electron chi connectivity index (χ1n) is 5.62. The Hall–Kier alpha value is -2.28. The largest absolute Gasteiger partial charge is 0.374 e. The van der Waals surface area contributed by atoms with Crippen LogP contribution in [0.3, 0.4) is 0 Å². The number of anilines is 1. The Morgan fingerprint density at radius 1 is 1.40 bits per heavy atom. The van der Waals surface area contributed by atoms with E-state index in [2.05, 4.69) is 15.3 Å². The highest BCUT2D eigenvalue weighted by Crippen LogP contribution is 2.30. The summed E-state index contributed by atoms with van der Waals surface area (Å²) in [5.41, 5.74) is 1.12. The molecular weight excluding hydrogens is 287 g/mol. The number of nitro benzene ring substituents is 1. The fourth-order valence-electron chi connectivity index (χ4n) is 1.53. The minimum absolute atomic E-state index is 0.128. The van der Waals surface area contributed by atoms with Crippen molar-refractivity contribution in [3.05, 3.63) is 56.9 Å². The third-order valence-corrected chi connectivity index (χ3v) is 2.82. The van der Waals surface area contributed by atoms with Crippen molar-refractivity contribution in [1.82, 2.24) is 9.97 Å². The van der Waals surface area contributed by atoms with Crippen LogP contribution in [0.15, 0.2) is 24.5 Å². The Morgan fingerprint density at radius 2 is 2.15 bits per heavy atom. The smallest absolute Gasteiger partial charge is 0.295 e. The van der Waals surface area contributed by atoms with Crippen LogP contribution < -0.4 is 5.32 Å². The van der Waals surface area contributed by atoms with E-state index in [1.165, 1.54) is 6.07 Å². The molecule has 0 bridgehead atoms. The second kappa shape index (κ2) is 5.79. The van der Waals surface area contributed by atoms with Gasteiger partial charge >= 0.3 is 0 Å². The van der Waals surface area contributed by atoms with E-state index in [1.54, 1.807) is 19.3 Å². The van der Waals surface area contributed by atoms with Crippen molar-refractivity contribution < 1.29 is 9.31 Å². The molecule has 6 nitrogen and oxygen atoms in total. The van der Waals surface area contributed by atoms with Crippen molar-refractivity contribution in [2.75, 3.05) is 5.32 Å². The zero-order chi connectivity index (χ0) is 14.7. The second-order valence-electron chi connectivity index (χ2n) is 4.04. The van der Waals surface area contributed by atoms with Gasteiger partial charge in [0.15, 0.2) is 0 Å². The van der Waals surface area contributed by atoms with Crippen LogP contribution in [0.5, 0.6) is 0 Å². The predicted octanol–water partition coefficient (Wildman–Crippen LogP) is 3.10. The number of aryl methyl sites for hydroxylation is 1. The molecule has 1 aromatic heterocycles. The number of nitrogens with one attached hydrogen (secondary N) is 1. The summed E-state index contributed by atoms with van der Waals surface area (Å²) in [6.45, 7) is 2.02. The van der Waals surface area contributed by atoms with Crippen LogP contribution in [0.2, 0.25) is 5.02 Å². The lowest BCUT2D eigenvalue weighted by atomic mass is 10.2. The number of hydrogen-bond acceptors (Lipinski definition) is 5. The summed E-state index contributed by atoms with van der Waals surface area (Å²) >= 11 is 5.63. The van der Waals surface area contributed by atoms with Crippen LogP contribution in [0, 0.1) is 22.9 Å². The Balaban J connectivity index is 2.22. The highest BCUT2D eigenvalue weighted by atomic mass is 35.5. The average molecular weight is 297 g/mol. The molecule has 0 spiro atoms. The Morgan fingerprint density at radius 3 is 2.75 bits per heavy atom. The van der Waals surface area contributed by atoms with Gasteiger partial charge < -0.3 is 5.32 Å². The summed E-state index contributed by atoms with van der Waals surface area (Å²) < 4.78 is 13.2. The maximum atomic E-state index is 13.2. The number of aromatic nitrogens is 2. The van der Waals surface area contributed by atoms with E-state index in [1.807, 2.05) is 0 Å². The molecule has 0 aliphatic rings. The number of nitro groups is 1. The molecule has 104 valence electrons. The third-order valence-electron chi connectivity index (χ3n) is 2.53. The van der Waals surface area contributed by atoms with Crippen molar-refractivity contribution in [2.24, 2.45) is 0 Å². The molecule has 0 aliphatic heterocycles. The van der Waals surface area contributed by atoms with Gasteiger partial charge in [0, 0.05) is 6.20 Å². The maximum Gasteiger partial charge on any atom is 0.295 e. The van der Waals surface area contributed by atoms with E-state index in [9.17, 15) is 14.5 Å². The quantitative estimate of drug-likeness (QED) is 0.692. The molecule has 0 saturated heterocycles. The van der Waals surface area contributed by atoms with Crippen molar-refractivity contribution in [3.8, 4) is 0 Å². The molecule has 2 aromatic rings. The second-order valence-corrected chi connectivity index (χ2v) is 4.45. The molecule has 8 heteroatoms. The molecule has 0 radical (unpaired) electrons. The van der Waals surface area contributed by atoms with Gasteiger partial charge in [0.25, 0.3) is 5.69 Å². The van der Waals surface area contributed by atoms with Gasteiger partial charge in [0.1, 0.15) is 11.5 Å². The van der Waals surface area contributed by atoms with E-state index >= 15 is 0 Å².